The molecule has 0 aliphatic carbocycles. The van der Waals surface area contributed by atoms with E-state index in [4.69, 9.17) is 10.2 Å². The van der Waals surface area contributed by atoms with Gasteiger partial charge in [0, 0.05) is 42.8 Å². The Bertz CT molecular complexity index is 1030. The van der Waals surface area contributed by atoms with Crippen molar-refractivity contribution in [1.29, 1.82) is 0 Å². The molecule has 3 N–H and O–H groups in total. The van der Waals surface area contributed by atoms with Gasteiger partial charge in [-0.25, -0.2) is 0 Å². The number of carbonyl (C=O) groups excluding carboxylic acids is 2. The summed E-state index contributed by atoms with van der Waals surface area (Å²) in [6.07, 6.45) is 0. The number of carbonyl (C=O) groups is 2. The van der Waals surface area contributed by atoms with Gasteiger partial charge in [-0.05, 0) is 50.2 Å². The average molecular weight is 421 g/mol. The minimum Gasteiger partial charge on any atom is -0.459 e. The first-order valence-electron chi connectivity index (χ1n) is 10.6. The molecule has 1 fully saturated rings. The molecule has 7 nitrogen and oxygen atoms in total. The fourth-order valence-corrected chi connectivity index (χ4v) is 3.99. The Labute approximate surface area is 181 Å². The van der Waals surface area contributed by atoms with Crippen molar-refractivity contribution in [1.82, 2.24) is 10.2 Å². The van der Waals surface area contributed by atoms with Crippen molar-refractivity contribution in [2.24, 2.45) is 5.73 Å². The van der Waals surface area contributed by atoms with Gasteiger partial charge in [-0.1, -0.05) is 18.2 Å². The molecule has 2 heterocycles. The molecule has 31 heavy (non-hydrogen) atoms. The number of primary amides is 1. The Balaban J connectivity index is 1.31. The van der Waals surface area contributed by atoms with Crippen molar-refractivity contribution in [2.45, 2.75) is 25.9 Å². The molecular formula is C24H28N4O3. The van der Waals surface area contributed by atoms with E-state index in [2.05, 4.69) is 15.1 Å². The van der Waals surface area contributed by atoms with Crippen molar-refractivity contribution < 1.29 is 14.0 Å². The molecule has 162 valence electrons. The molecular weight excluding hydrogens is 392 g/mol. The fourth-order valence-electron chi connectivity index (χ4n) is 3.99. The molecule has 0 radical (unpaired) electrons. The Hall–Kier alpha value is -3.32. The number of nitrogens with zero attached hydrogens (tertiary/aromatic N) is 2. The van der Waals surface area contributed by atoms with Crippen LogP contribution in [0.15, 0.2) is 59.0 Å². The van der Waals surface area contributed by atoms with Crippen LogP contribution in [0.1, 0.15) is 36.0 Å². The van der Waals surface area contributed by atoms with Crippen LogP contribution in [0.25, 0.3) is 11.0 Å². The Morgan fingerprint density at radius 1 is 1.00 bits per heavy atom. The van der Waals surface area contributed by atoms with Gasteiger partial charge in [0.2, 0.25) is 11.8 Å². The number of furan rings is 1. The number of nitrogens with one attached hydrogen (secondary N) is 1. The summed E-state index contributed by atoms with van der Waals surface area (Å²) in [6.45, 7) is 7.07. The van der Waals surface area contributed by atoms with Crippen LogP contribution in [0, 0.1) is 0 Å². The topological polar surface area (TPSA) is 91.8 Å². The third-order valence-electron chi connectivity index (χ3n) is 5.99. The monoisotopic (exact) mass is 420 g/mol. The molecule has 1 aromatic heterocycles. The quantitative estimate of drug-likeness (QED) is 0.640. The SMILES string of the molecule is CC(NC(=O)C(C)N1CCN(c2ccc(C(N)=O)cc2)CC1)c1cc2ccccc2o1. The van der Waals surface area contributed by atoms with E-state index in [-0.39, 0.29) is 18.0 Å². The minimum absolute atomic E-state index is 0.00721. The van der Waals surface area contributed by atoms with Crippen LogP contribution in [0.3, 0.4) is 0 Å². The van der Waals surface area contributed by atoms with Gasteiger partial charge in [-0.2, -0.15) is 0 Å². The minimum atomic E-state index is -0.423. The molecule has 0 saturated carbocycles. The van der Waals surface area contributed by atoms with Crippen LogP contribution >= 0.6 is 0 Å². The normalized spacial score (nSPS) is 16.8. The highest BCUT2D eigenvalue weighted by Crippen LogP contribution is 2.24. The summed E-state index contributed by atoms with van der Waals surface area (Å²) in [6, 6.07) is 16.7. The molecule has 1 aliphatic heterocycles. The lowest BCUT2D eigenvalue weighted by Crippen LogP contribution is -2.54. The summed E-state index contributed by atoms with van der Waals surface area (Å²) in [5, 5.41) is 4.12. The predicted octanol–water partition coefficient (Wildman–Crippen LogP) is 2.92. The summed E-state index contributed by atoms with van der Waals surface area (Å²) < 4.78 is 5.88. The molecule has 0 spiro atoms. The van der Waals surface area contributed by atoms with Gasteiger partial charge in [0.1, 0.15) is 11.3 Å². The van der Waals surface area contributed by atoms with E-state index in [1.54, 1.807) is 12.1 Å². The standard InChI is InChI=1S/C24H28N4O3/c1-16(22-15-19-5-3-4-6-21(19)31-22)26-24(30)17(2)27-11-13-28(14-12-27)20-9-7-18(8-10-20)23(25)29/h3-10,15-17H,11-14H2,1-2H3,(H2,25,29)(H,26,30). The number of amides is 2. The zero-order valence-electron chi connectivity index (χ0n) is 17.9. The number of rotatable bonds is 6. The highest BCUT2D eigenvalue weighted by atomic mass is 16.3. The summed E-state index contributed by atoms with van der Waals surface area (Å²) >= 11 is 0. The van der Waals surface area contributed by atoms with Gasteiger partial charge in [0.15, 0.2) is 0 Å². The van der Waals surface area contributed by atoms with E-state index in [0.29, 0.717) is 5.56 Å². The van der Waals surface area contributed by atoms with Gasteiger partial charge in [0.05, 0.1) is 12.1 Å². The molecule has 2 amide bonds. The van der Waals surface area contributed by atoms with Gasteiger partial charge >= 0.3 is 0 Å². The van der Waals surface area contributed by atoms with Crippen LogP contribution in [0.4, 0.5) is 5.69 Å². The largest absolute Gasteiger partial charge is 0.459 e. The van der Waals surface area contributed by atoms with Crippen molar-refractivity contribution in [2.75, 3.05) is 31.1 Å². The first-order valence-corrected chi connectivity index (χ1v) is 10.6. The first kappa shape index (κ1) is 20.9. The molecule has 2 aromatic carbocycles. The lowest BCUT2D eigenvalue weighted by Gasteiger charge is -2.38. The second kappa shape index (κ2) is 8.81. The van der Waals surface area contributed by atoms with Crippen LogP contribution in [-0.2, 0) is 4.79 Å². The maximum Gasteiger partial charge on any atom is 0.248 e. The maximum absolute atomic E-state index is 12.8. The average Bonchev–Trinajstić information content (AvgIpc) is 3.23. The fraction of sp³-hybridized carbons (Fsp3) is 0.333. The summed E-state index contributed by atoms with van der Waals surface area (Å²) in [5.41, 5.74) is 7.70. The van der Waals surface area contributed by atoms with Gasteiger partial charge in [0.25, 0.3) is 0 Å². The highest BCUT2D eigenvalue weighted by Gasteiger charge is 2.27. The molecule has 7 heteroatoms. The first-order chi connectivity index (χ1) is 14.9. The van der Waals surface area contributed by atoms with Crippen LogP contribution in [-0.4, -0.2) is 48.9 Å². The van der Waals surface area contributed by atoms with Crippen LogP contribution in [0.2, 0.25) is 0 Å². The molecule has 1 saturated heterocycles. The lowest BCUT2D eigenvalue weighted by molar-refractivity contribution is -0.126. The van der Waals surface area contributed by atoms with Crippen molar-refractivity contribution >= 4 is 28.5 Å². The van der Waals surface area contributed by atoms with E-state index in [9.17, 15) is 9.59 Å². The van der Waals surface area contributed by atoms with E-state index >= 15 is 0 Å². The molecule has 2 atom stereocenters. The van der Waals surface area contributed by atoms with Crippen molar-refractivity contribution in [3.05, 3.63) is 65.9 Å². The molecule has 3 aromatic rings. The Kier molecular flexibility index (Phi) is 5.95. The summed E-state index contributed by atoms with van der Waals surface area (Å²) in [4.78, 5) is 28.5. The number of nitrogens with two attached hydrogens (primary N) is 1. The number of hydrogen-bond donors (Lipinski definition) is 2. The van der Waals surface area contributed by atoms with E-state index < -0.39 is 5.91 Å². The van der Waals surface area contributed by atoms with E-state index in [1.165, 1.54) is 0 Å². The number of piperazine rings is 1. The van der Waals surface area contributed by atoms with Gasteiger partial charge in [-0.15, -0.1) is 0 Å². The third-order valence-corrected chi connectivity index (χ3v) is 5.99. The number of fused-ring (bicyclic) bond motifs is 1. The number of benzene rings is 2. The predicted molar refractivity (Wildman–Crippen MR) is 121 cm³/mol. The zero-order chi connectivity index (χ0) is 22.0. The van der Waals surface area contributed by atoms with E-state index in [1.807, 2.05) is 56.3 Å². The van der Waals surface area contributed by atoms with Crippen LogP contribution in [0.5, 0.6) is 0 Å². The molecule has 1 aliphatic rings. The van der Waals surface area contributed by atoms with Gasteiger partial charge in [-0.3, -0.25) is 14.5 Å². The lowest BCUT2D eigenvalue weighted by atomic mass is 10.1. The number of para-hydroxylation sites is 1. The second-order valence-electron chi connectivity index (χ2n) is 8.03. The van der Waals surface area contributed by atoms with Crippen molar-refractivity contribution in [3.8, 4) is 0 Å². The second-order valence-corrected chi connectivity index (χ2v) is 8.03. The summed E-state index contributed by atoms with van der Waals surface area (Å²) in [7, 11) is 0. The zero-order valence-corrected chi connectivity index (χ0v) is 17.9. The Morgan fingerprint density at radius 2 is 1.68 bits per heavy atom. The number of hydrogen-bond acceptors (Lipinski definition) is 5. The Morgan fingerprint density at radius 3 is 2.32 bits per heavy atom. The molecule has 0 bridgehead atoms. The third kappa shape index (κ3) is 4.56. The summed E-state index contributed by atoms with van der Waals surface area (Å²) in [5.74, 6) is 0.325. The van der Waals surface area contributed by atoms with Crippen LogP contribution < -0.4 is 16.0 Å². The van der Waals surface area contributed by atoms with Gasteiger partial charge < -0.3 is 20.4 Å². The van der Waals surface area contributed by atoms with E-state index in [0.717, 1.165) is 48.6 Å². The molecule has 2 unspecified atom stereocenters. The van der Waals surface area contributed by atoms with Crippen molar-refractivity contribution in [3.63, 3.8) is 0 Å². The molecule has 4 rings (SSSR count). The highest BCUT2D eigenvalue weighted by molar-refractivity contribution is 5.93. The number of anilines is 1. The maximum atomic E-state index is 12.8. The smallest absolute Gasteiger partial charge is 0.248 e.